The van der Waals surface area contributed by atoms with E-state index in [1.165, 1.54) is 23.5 Å². The van der Waals surface area contributed by atoms with Gasteiger partial charge in [0.25, 0.3) is 5.91 Å². The summed E-state index contributed by atoms with van der Waals surface area (Å²) in [6.07, 6.45) is 4.38. The summed E-state index contributed by atoms with van der Waals surface area (Å²) in [5, 5.41) is 0. The number of rotatable bonds is 8. The number of nitrogens with zero attached hydrogens (tertiary/aromatic N) is 4. The fourth-order valence-corrected chi connectivity index (χ4v) is 6.53. The molecule has 3 aliphatic rings. The Kier molecular flexibility index (Phi) is 7.24. The van der Waals surface area contributed by atoms with Gasteiger partial charge < -0.3 is 9.80 Å². The summed E-state index contributed by atoms with van der Waals surface area (Å²) < 4.78 is 0. The lowest BCUT2D eigenvalue weighted by atomic mass is 9.85. The van der Waals surface area contributed by atoms with Crippen LogP contribution in [0.4, 0.5) is 4.79 Å². The van der Waals surface area contributed by atoms with E-state index in [4.69, 9.17) is 0 Å². The molecule has 1 spiro atoms. The maximum absolute atomic E-state index is 13.6. The van der Waals surface area contributed by atoms with Crippen molar-refractivity contribution in [2.24, 2.45) is 0 Å². The van der Waals surface area contributed by atoms with E-state index in [1.807, 2.05) is 49.0 Å². The van der Waals surface area contributed by atoms with Gasteiger partial charge in [-0.05, 0) is 64.1 Å². The van der Waals surface area contributed by atoms with Gasteiger partial charge in [0.1, 0.15) is 5.54 Å². The number of carbonyl (C=O) groups is 2. The minimum atomic E-state index is -0.647. The van der Waals surface area contributed by atoms with Crippen LogP contribution in [0.1, 0.15) is 31.2 Å². The topological polar surface area (TPSA) is 47.1 Å². The molecule has 1 atom stereocenters. The lowest BCUT2D eigenvalue weighted by molar-refractivity contribution is -0.136. The third-order valence-corrected chi connectivity index (χ3v) is 8.27. The fraction of sp³-hybridized carbons (Fsp3) is 0.667. The summed E-state index contributed by atoms with van der Waals surface area (Å²) in [5.41, 5.74) is 0.566. The van der Waals surface area contributed by atoms with E-state index in [0.717, 1.165) is 45.3 Å². The van der Waals surface area contributed by atoms with E-state index >= 15 is 0 Å². The Hall–Kier alpha value is -1.57. The van der Waals surface area contributed by atoms with E-state index in [0.29, 0.717) is 19.1 Å². The van der Waals surface area contributed by atoms with Gasteiger partial charge in [-0.2, -0.15) is 11.8 Å². The first-order valence-corrected chi connectivity index (χ1v) is 12.8. The predicted molar refractivity (Wildman–Crippen MR) is 126 cm³/mol. The van der Waals surface area contributed by atoms with Gasteiger partial charge in [0, 0.05) is 38.0 Å². The van der Waals surface area contributed by atoms with Crippen LogP contribution in [0.5, 0.6) is 0 Å². The second-order valence-electron chi connectivity index (χ2n) is 9.37. The summed E-state index contributed by atoms with van der Waals surface area (Å²) in [5.74, 6) is 2.49. The third kappa shape index (κ3) is 4.78. The second kappa shape index (κ2) is 9.92. The standard InChI is InChI=1S/C24H36N4O2S/c1-25(2)13-6-14-27-22(29)24(11-16-26(17-12-24)21-10-18-31-19-21)28(23(27)30)15-9-20-7-4-3-5-8-20/h3-5,7-8,21H,6,9-19H2,1-2H3. The number of benzene rings is 1. The maximum atomic E-state index is 13.6. The first-order valence-electron chi connectivity index (χ1n) is 11.7. The van der Waals surface area contributed by atoms with E-state index in [9.17, 15) is 9.59 Å². The van der Waals surface area contributed by atoms with Gasteiger partial charge in [-0.3, -0.25) is 14.6 Å². The molecule has 4 rings (SSSR count). The van der Waals surface area contributed by atoms with Crippen molar-refractivity contribution in [3.63, 3.8) is 0 Å². The van der Waals surface area contributed by atoms with Crippen molar-refractivity contribution >= 4 is 23.7 Å². The molecular weight excluding hydrogens is 408 g/mol. The molecule has 0 N–H and O–H groups in total. The van der Waals surface area contributed by atoms with E-state index in [1.54, 1.807) is 4.90 Å². The monoisotopic (exact) mass is 444 g/mol. The minimum Gasteiger partial charge on any atom is -0.309 e. The summed E-state index contributed by atoms with van der Waals surface area (Å²) in [6, 6.07) is 10.8. The Balaban J connectivity index is 1.49. The number of amides is 3. The van der Waals surface area contributed by atoms with E-state index in [-0.39, 0.29) is 11.9 Å². The van der Waals surface area contributed by atoms with Crippen molar-refractivity contribution in [2.45, 2.75) is 43.7 Å². The number of imide groups is 1. The minimum absolute atomic E-state index is 0.0461. The number of hydrogen-bond acceptors (Lipinski definition) is 5. The van der Waals surface area contributed by atoms with Crippen molar-refractivity contribution in [3.8, 4) is 0 Å². The van der Waals surface area contributed by atoms with Crippen LogP contribution >= 0.6 is 11.8 Å². The number of urea groups is 1. The van der Waals surface area contributed by atoms with Gasteiger partial charge in [0.15, 0.2) is 0 Å². The van der Waals surface area contributed by atoms with Crippen LogP contribution < -0.4 is 0 Å². The van der Waals surface area contributed by atoms with Gasteiger partial charge in [-0.1, -0.05) is 30.3 Å². The number of piperidine rings is 1. The molecule has 3 aliphatic heterocycles. The van der Waals surface area contributed by atoms with Gasteiger partial charge in [-0.25, -0.2) is 4.79 Å². The number of hydrogen-bond donors (Lipinski definition) is 0. The van der Waals surface area contributed by atoms with Gasteiger partial charge in [0.2, 0.25) is 0 Å². The molecule has 170 valence electrons. The Morgan fingerprint density at radius 2 is 1.84 bits per heavy atom. The summed E-state index contributed by atoms with van der Waals surface area (Å²) in [7, 11) is 4.05. The largest absolute Gasteiger partial charge is 0.327 e. The van der Waals surface area contributed by atoms with Crippen LogP contribution in [0.25, 0.3) is 0 Å². The molecule has 7 heteroatoms. The van der Waals surface area contributed by atoms with Crippen molar-refractivity contribution in [3.05, 3.63) is 35.9 Å². The summed E-state index contributed by atoms with van der Waals surface area (Å²) in [4.78, 5) is 35.2. The van der Waals surface area contributed by atoms with Gasteiger partial charge in [-0.15, -0.1) is 0 Å². The molecule has 0 saturated carbocycles. The average Bonchev–Trinajstić information content (AvgIpc) is 3.37. The van der Waals surface area contributed by atoms with E-state index < -0.39 is 5.54 Å². The molecule has 3 amide bonds. The average molecular weight is 445 g/mol. The van der Waals surface area contributed by atoms with Crippen molar-refractivity contribution < 1.29 is 9.59 Å². The quantitative estimate of drug-likeness (QED) is 0.577. The highest BCUT2D eigenvalue weighted by atomic mass is 32.2. The van der Waals surface area contributed by atoms with Crippen LogP contribution in [0.3, 0.4) is 0 Å². The van der Waals surface area contributed by atoms with Crippen molar-refractivity contribution in [1.29, 1.82) is 0 Å². The van der Waals surface area contributed by atoms with Gasteiger partial charge in [0.05, 0.1) is 0 Å². The summed E-state index contributed by atoms with van der Waals surface area (Å²) >= 11 is 2.03. The molecule has 1 unspecified atom stereocenters. The maximum Gasteiger partial charge on any atom is 0.327 e. The number of thioether (sulfide) groups is 1. The molecule has 6 nitrogen and oxygen atoms in total. The Morgan fingerprint density at radius 3 is 2.48 bits per heavy atom. The molecule has 0 aliphatic carbocycles. The highest BCUT2D eigenvalue weighted by Gasteiger charge is 2.57. The number of likely N-dealkylation sites (tertiary alicyclic amines) is 1. The van der Waals surface area contributed by atoms with Crippen molar-refractivity contribution in [2.75, 3.05) is 58.3 Å². The molecule has 1 aromatic carbocycles. The SMILES string of the molecule is CN(C)CCCN1C(=O)N(CCc2ccccc2)C2(CCN(C3CCSC3)CC2)C1=O. The number of carbonyl (C=O) groups excluding carboxylic acids is 2. The molecule has 0 radical (unpaired) electrons. The zero-order valence-corrected chi connectivity index (χ0v) is 19.8. The highest BCUT2D eigenvalue weighted by molar-refractivity contribution is 7.99. The third-order valence-electron chi connectivity index (χ3n) is 7.12. The lowest BCUT2D eigenvalue weighted by Gasteiger charge is -2.44. The van der Waals surface area contributed by atoms with Crippen LogP contribution in [0.2, 0.25) is 0 Å². The molecule has 0 bridgehead atoms. The molecule has 3 saturated heterocycles. The van der Waals surface area contributed by atoms with Crippen LogP contribution in [0.15, 0.2) is 30.3 Å². The zero-order valence-electron chi connectivity index (χ0n) is 19.0. The molecule has 31 heavy (non-hydrogen) atoms. The Labute approximate surface area is 190 Å². The normalized spacial score (nSPS) is 24.2. The molecule has 1 aromatic rings. The van der Waals surface area contributed by atoms with Crippen LogP contribution in [-0.4, -0.2) is 101 Å². The molecular formula is C24H36N4O2S. The van der Waals surface area contributed by atoms with Crippen LogP contribution in [-0.2, 0) is 11.2 Å². The first-order chi connectivity index (χ1) is 15.0. The zero-order chi connectivity index (χ0) is 21.8. The predicted octanol–water partition coefficient (Wildman–Crippen LogP) is 2.79. The molecule has 3 fully saturated rings. The first kappa shape index (κ1) is 22.6. The molecule has 3 heterocycles. The second-order valence-corrected chi connectivity index (χ2v) is 10.5. The fourth-order valence-electron chi connectivity index (χ4n) is 5.27. The summed E-state index contributed by atoms with van der Waals surface area (Å²) in [6.45, 7) is 3.83. The smallest absolute Gasteiger partial charge is 0.309 e. The Bertz CT molecular complexity index is 758. The van der Waals surface area contributed by atoms with E-state index in [2.05, 4.69) is 21.9 Å². The van der Waals surface area contributed by atoms with Gasteiger partial charge >= 0.3 is 6.03 Å². The van der Waals surface area contributed by atoms with Crippen LogP contribution in [0, 0.1) is 0 Å². The van der Waals surface area contributed by atoms with Crippen molar-refractivity contribution in [1.82, 2.24) is 19.6 Å². The lowest BCUT2D eigenvalue weighted by Crippen LogP contribution is -2.58. The highest BCUT2D eigenvalue weighted by Crippen LogP contribution is 2.39. The molecule has 0 aromatic heterocycles. The Morgan fingerprint density at radius 1 is 1.10 bits per heavy atom.